The highest BCUT2D eigenvalue weighted by atomic mass is 79.9. The van der Waals surface area contributed by atoms with Gasteiger partial charge in [-0.05, 0) is 70.0 Å². The third-order valence-electron chi connectivity index (χ3n) is 4.51. The van der Waals surface area contributed by atoms with Crippen molar-refractivity contribution >= 4 is 61.1 Å². The Labute approximate surface area is 202 Å². The molecule has 0 heterocycles. The molecule has 2 amide bonds. The van der Waals surface area contributed by atoms with E-state index < -0.39 is 17.6 Å². The van der Waals surface area contributed by atoms with E-state index in [0.29, 0.717) is 15.6 Å². The number of nitrogens with one attached hydrogen (secondary N) is 2. The van der Waals surface area contributed by atoms with Crippen LogP contribution >= 0.6 is 31.9 Å². The second-order valence-corrected chi connectivity index (χ2v) is 8.83. The molecule has 8 heteroatoms. The molecule has 0 spiro atoms. The standard InChI is InChI=1S/C24H20Br2FN3O2/c1-30(2)17-10-7-15(8-11-17)13-22(24(32)28-21-6-4-3-5-20(21)27)29-23(31)18-12-9-16(25)14-19(18)26/h3-14H,1-2H3,(H,28,32)(H,29,31). The molecule has 0 aliphatic rings. The number of halogens is 3. The van der Waals surface area contributed by atoms with Gasteiger partial charge in [-0.2, -0.15) is 0 Å². The van der Waals surface area contributed by atoms with Crippen molar-refractivity contribution < 1.29 is 14.0 Å². The smallest absolute Gasteiger partial charge is 0.272 e. The fourth-order valence-electron chi connectivity index (χ4n) is 2.81. The van der Waals surface area contributed by atoms with Crippen LogP contribution in [0.5, 0.6) is 0 Å². The molecule has 0 fully saturated rings. The van der Waals surface area contributed by atoms with Crippen LogP contribution in [0, 0.1) is 5.82 Å². The maximum Gasteiger partial charge on any atom is 0.272 e. The van der Waals surface area contributed by atoms with Crippen molar-refractivity contribution in [3.05, 3.63) is 98.3 Å². The molecule has 0 radical (unpaired) electrons. The van der Waals surface area contributed by atoms with Crippen LogP contribution in [0.2, 0.25) is 0 Å². The van der Waals surface area contributed by atoms with Crippen molar-refractivity contribution in [3.8, 4) is 0 Å². The summed E-state index contributed by atoms with van der Waals surface area (Å²) in [5.74, 6) is -1.70. The molecule has 5 nitrogen and oxygen atoms in total. The van der Waals surface area contributed by atoms with E-state index in [9.17, 15) is 14.0 Å². The second-order valence-electron chi connectivity index (χ2n) is 7.06. The van der Waals surface area contributed by atoms with Crippen LogP contribution in [0.25, 0.3) is 6.08 Å². The zero-order chi connectivity index (χ0) is 23.3. The molecule has 0 aliphatic heterocycles. The first kappa shape index (κ1) is 23.7. The van der Waals surface area contributed by atoms with Gasteiger partial charge in [0.05, 0.1) is 11.3 Å². The number of carbonyl (C=O) groups excluding carboxylic acids is 2. The second kappa shape index (κ2) is 10.6. The highest BCUT2D eigenvalue weighted by molar-refractivity contribution is 9.11. The van der Waals surface area contributed by atoms with Crippen molar-refractivity contribution in [2.45, 2.75) is 0 Å². The third kappa shape index (κ3) is 6.05. The molecule has 0 aromatic heterocycles. The average Bonchev–Trinajstić information content (AvgIpc) is 2.75. The number of para-hydroxylation sites is 1. The van der Waals surface area contributed by atoms with Gasteiger partial charge in [0.25, 0.3) is 11.8 Å². The van der Waals surface area contributed by atoms with E-state index in [1.165, 1.54) is 18.2 Å². The van der Waals surface area contributed by atoms with Gasteiger partial charge in [0.1, 0.15) is 11.5 Å². The van der Waals surface area contributed by atoms with E-state index >= 15 is 0 Å². The van der Waals surface area contributed by atoms with Crippen molar-refractivity contribution in [1.29, 1.82) is 0 Å². The zero-order valence-corrected chi connectivity index (χ0v) is 20.5. The minimum atomic E-state index is -0.645. The summed E-state index contributed by atoms with van der Waals surface area (Å²) < 4.78 is 15.4. The average molecular weight is 561 g/mol. The number of hydrogen-bond acceptors (Lipinski definition) is 3. The Morgan fingerprint density at radius 1 is 0.969 bits per heavy atom. The molecule has 2 N–H and O–H groups in total. The van der Waals surface area contributed by atoms with Gasteiger partial charge >= 0.3 is 0 Å². The fraction of sp³-hybridized carbons (Fsp3) is 0.0833. The Morgan fingerprint density at radius 3 is 2.28 bits per heavy atom. The quantitative estimate of drug-likeness (QED) is 0.373. The zero-order valence-electron chi connectivity index (χ0n) is 17.3. The van der Waals surface area contributed by atoms with E-state index in [2.05, 4.69) is 42.5 Å². The van der Waals surface area contributed by atoms with Crippen LogP contribution in [0.4, 0.5) is 15.8 Å². The van der Waals surface area contributed by atoms with Gasteiger partial charge in [0, 0.05) is 28.7 Å². The molecule has 3 rings (SSSR count). The number of hydrogen-bond donors (Lipinski definition) is 2. The largest absolute Gasteiger partial charge is 0.378 e. The van der Waals surface area contributed by atoms with Gasteiger partial charge in [0.15, 0.2) is 0 Å². The Hall–Kier alpha value is -2.97. The molecule has 0 bridgehead atoms. The van der Waals surface area contributed by atoms with E-state index in [1.54, 1.807) is 30.3 Å². The third-order valence-corrected chi connectivity index (χ3v) is 5.66. The van der Waals surface area contributed by atoms with Crippen LogP contribution in [0.1, 0.15) is 15.9 Å². The first-order chi connectivity index (χ1) is 15.2. The number of anilines is 2. The molecule has 0 saturated heterocycles. The summed E-state index contributed by atoms with van der Waals surface area (Å²) in [6.45, 7) is 0. The SMILES string of the molecule is CN(C)c1ccc(C=C(NC(=O)c2ccc(Br)cc2Br)C(=O)Nc2ccccc2F)cc1. The van der Waals surface area contributed by atoms with Crippen LogP contribution in [-0.4, -0.2) is 25.9 Å². The van der Waals surface area contributed by atoms with Gasteiger partial charge in [-0.25, -0.2) is 4.39 Å². The predicted octanol–water partition coefficient (Wildman–Crippen LogP) is 5.83. The number of benzene rings is 3. The molecule has 0 aliphatic carbocycles. The molecular weight excluding hydrogens is 541 g/mol. The number of nitrogens with zero attached hydrogens (tertiary/aromatic N) is 1. The maximum absolute atomic E-state index is 14.0. The van der Waals surface area contributed by atoms with Gasteiger partial charge in [-0.15, -0.1) is 0 Å². The van der Waals surface area contributed by atoms with Crippen molar-refractivity contribution in [2.75, 3.05) is 24.3 Å². The van der Waals surface area contributed by atoms with Crippen LogP contribution in [0.3, 0.4) is 0 Å². The number of rotatable bonds is 6. The summed E-state index contributed by atoms with van der Waals surface area (Å²) in [5, 5.41) is 5.17. The van der Waals surface area contributed by atoms with Crippen LogP contribution in [-0.2, 0) is 4.79 Å². The molecule has 0 unspecified atom stereocenters. The lowest BCUT2D eigenvalue weighted by molar-refractivity contribution is -0.113. The van der Waals surface area contributed by atoms with Crippen LogP contribution < -0.4 is 15.5 Å². The van der Waals surface area contributed by atoms with Gasteiger partial charge in [0.2, 0.25) is 0 Å². The number of amides is 2. The molecule has 32 heavy (non-hydrogen) atoms. The Bertz CT molecular complexity index is 1180. The Kier molecular flexibility index (Phi) is 7.82. The highest BCUT2D eigenvalue weighted by Gasteiger charge is 2.18. The molecule has 3 aromatic rings. The normalized spacial score (nSPS) is 11.1. The minimum absolute atomic E-state index is 0.0189. The highest BCUT2D eigenvalue weighted by Crippen LogP contribution is 2.23. The first-order valence-electron chi connectivity index (χ1n) is 9.56. The van der Waals surface area contributed by atoms with Gasteiger partial charge in [-0.3, -0.25) is 9.59 Å². The Morgan fingerprint density at radius 2 is 1.66 bits per heavy atom. The van der Waals surface area contributed by atoms with Crippen molar-refractivity contribution in [1.82, 2.24) is 5.32 Å². The first-order valence-corrected chi connectivity index (χ1v) is 11.1. The summed E-state index contributed by atoms with van der Waals surface area (Å²) in [5.41, 5.74) is 2.03. The van der Waals surface area contributed by atoms with Gasteiger partial charge in [-0.1, -0.05) is 40.2 Å². The van der Waals surface area contributed by atoms with Crippen molar-refractivity contribution in [3.63, 3.8) is 0 Å². The predicted molar refractivity (Wildman–Crippen MR) is 133 cm³/mol. The molecule has 164 valence electrons. The molecule has 0 atom stereocenters. The maximum atomic E-state index is 14.0. The topological polar surface area (TPSA) is 61.4 Å². The molecule has 0 saturated carbocycles. The van der Waals surface area contributed by atoms with E-state index in [1.807, 2.05) is 43.3 Å². The Balaban J connectivity index is 1.93. The summed E-state index contributed by atoms with van der Waals surface area (Å²) in [7, 11) is 3.85. The van der Waals surface area contributed by atoms with Crippen molar-refractivity contribution in [2.24, 2.45) is 0 Å². The van der Waals surface area contributed by atoms with E-state index in [-0.39, 0.29) is 11.4 Å². The van der Waals surface area contributed by atoms with Crippen LogP contribution in [0.15, 0.2) is 81.4 Å². The van der Waals surface area contributed by atoms with E-state index in [0.717, 1.165) is 10.2 Å². The van der Waals surface area contributed by atoms with E-state index in [4.69, 9.17) is 0 Å². The molecule has 3 aromatic carbocycles. The summed E-state index contributed by atoms with van der Waals surface area (Å²) in [6.07, 6.45) is 1.54. The lowest BCUT2D eigenvalue weighted by atomic mass is 10.1. The fourth-order valence-corrected chi connectivity index (χ4v) is 4.04. The summed E-state index contributed by atoms with van der Waals surface area (Å²) in [6, 6.07) is 18.4. The lowest BCUT2D eigenvalue weighted by Crippen LogP contribution is -2.31. The number of carbonyl (C=O) groups is 2. The lowest BCUT2D eigenvalue weighted by Gasteiger charge is -2.14. The monoisotopic (exact) mass is 559 g/mol. The van der Waals surface area contributed by atoms with Gasteiger partial charge < -0.3 is 15.5 Å². The molecular formula is C24H20Br2FN3O2. The minimum Gasteiger partial charge on any atom is -0.378 e. The summed E-state index contributed by atoms with van der Waals surface area (Å²) in [4.78, 5) is 27.8. The summed E-state index contributed by atoms with van der Waals surface area (Å²) >= 11 is 6.71.